The Kier molecular flexibility index (Phi) is 36.7. The van der Waals surface area contributed by atoms with Crippen LogP contribution in [0.3, 0.4) is 0 Å². The highest BCUT2D eigenvalue weighted by molar-refractivity contribution is 7.47. The van der Waals surface area contributed by atoms with E-state index >= 15 is 0 Å². The van der Waals surface area contributed by atoms with Gasteiger partial charge in [-0.3, -0.25) is 18.6 Å². The number of phosphoric ester groups is 1. The number of hydrogen-bond donors (Lipinski definition) is 1. The minimum atomic E-state index is -4.39. The van der Waals surface area contributed by atoms with Crippen molar-refractivity contribution in [2.75, 3.05) is 47.5 Å². The third-order valence-corrected chi connectivity index (χ3v) is 10.0. The van der Waals surface area contributed by atoms with Crippen LogP contribution in [-0.4, -0.2) is 74.9 Å². The molecule has 1 unspecified atom stereocenters. The van der Waals surface area contributed by atoms with Gasteiger partial charge in [0.2, 0.25) is 0 Å². The highest BCUT2D eigenvalue weighted by Gasteiger charge is 2.27. The normalized spacial score (nSPS) is 14.2. The zero-order valence-electron chi connectivity index (χ0n) is 36.3. The Hall–Kier alpha value is -2.29. The molecule has 2 atom stereocenters. The van der Waals surface area contributed by atoms with Crippen LogP contribution >= 0.6 is 7.82 Å². The molecule has 0 aliphatic heterocycles. The van der Waals surface area contributed by atoms with Crippen LogP contribution < -0.4 is 0 Å². The number of carbonyl (C=O) groups is 2. The highest BCUT2D eigenvalue weighted by atomic mass is 31.2. The predicted octanol–water partition coefficient (Wildman–Crippen LogP) is 12.5. The van der Waals surface area contributed by atoms with Crippen molar-refractivity contribution in [3.05, 3.63) is 60.8 Å². The van der Waals surface area contributed by atoms with Crippen molar-refractivity contribution >= 4 is 19.8 Å². The summed E-state index contributed by atoms with van der Waals surface area (Å²) in [7, 11) is 1.43. The van der Waals surface area contributed by atoms with Gasteiger partial charge in [0, 0.05) is 12.8 Å². The van der Waals surface area contributed by atoms with Gasteiger partial charge in [0.15, 0.2) is 6.10 Å². The van der Waals surface area contributed by atoms with Gasteiger partial charge in [-0.25, -0.2) is 4.57 Å². The van der Waals surface area contributed by atoms with E-state index in [4.69, 9.17) is 18.5 Å². The molecule has 0 amide bonds. The Balaban J connectivity index is 4.47. The molecular weight excluding hydrogens is 725 g/mol. The minimum Gasteiger partial charge on any atom is -0.462 e. The number of phosphoric acid groups is 1. The molecule has 0 fully saturated rings. The molecule has 10 heteroatoms. The molecule has 0 aliphatic rings. The number of carbonyl (C=O) groups excluding carboxylic acids is 2. The summed E-state index contributed by atoms with van der Waals surface area (Å²) in [6.07, 6.45) is 45.5. The van der Waals surface area contributed by atoms with E-state index in [1.165, 1.54) is 64.2 Å². The van der Waals surface area contributed by atoms with Crippen LogP contribution in [0, 0.1) is 0 Å². The first-order valence-electron chi connectivity index (χ1n) is 22.0. The van der Waals surface area contributed by atoms with E-state index in [-0.39, 0.29) is 26.1 Å². The molecule has 0 aromatic carbocycles. The molecule has 0 aromatic heterocycles. The van der Waals surface area contributed by atoms with Crippen LogP contribution in [0.5, 0.6) is 0 Å². The van der Waals surface area contributed by atoms with E-state index in [2.05, 4.69) is 74.6 Å². The van der Waals surface area contributed by atoms with Gasteiger partial charge in [-0.1, -0.05) is 132 Å². The average Bonchev–Trinajstić information content (AvgIpc) is 3.15. The monoisotopic (exact) mass is 809 g/mol. The molecule has 0 bridgehead atoms. The molecular formula is C46H83NO8P+. The second-order valence-corrected chi connectivity index (χ2v) is 17.2. The number of allylic oxidation sites excluding steroid dienone is 10. The second kappa shape index (κ2) is 38.2. The zero-order valence-corrected chi connectivity index (χ0v) is 37.2. The van der Waals surface area contributed by atoms with Crippen molar-refractivity contribution < 1.29 is 42.1 Å². The SMILES string of the molecule is CCCCC/C=C/C/C=C/C/C=C/CCCCCCC(=O)OC[C@H](COP(=O)(O)OCC[N+](C)(C)C)OC(=O)CCCC/C=C/C/C=C/CCCCCCCC. The quantitative estimate of drug-likeness (QED) is 0.0215. The molecule has 1 N–H and O–H groups in total. The number of hydrogen-bond acceptors (Lipinski definition) is 7. The largest absolute Gasteiger partial charge is 0.472 e. The maximum atomic E-state index is 12.7. The summed E-state index contributed by atoms with van der Waals surface area (Å²) in [5.41, 5.74) is 0. The lowest BCUT2D eigenvalue weighted by atomic mass is 10.1. The first-order valence-corrected chi connectivity index (χ1v) is 23.5. The Labute approximate surface area is 343 Å². The minimum absolute atomic E-state index is 0.0195. The maximum absolute atomic E-state index is 12.7. The fourth-order valence-electron chi connectivity index (χ4n) is 5.52. The van der Waals surface area contributed by atoms with Gasteiger partial charge >= 0.3 is 19.8 Å². The van der Waals surface area contributed by atoms with E-state index in [1.807, 2.05) is 21.1 Å². The lowest BCUT2D eigenvalue weighted by molar-refractivity contribution is -0.870. The number of likely N-dealkylation sites (N-methyl/N-ethyl adjacent to an activating group) is 1. The van der Waals surface area contributed by atoms with E-state index in [0.717, 1.165) is 64.2 Å². The predicted molar refractivity (Wildman–Crippen MR) is 233 cm³/mol. The third kappa shape index (κ3) is 41.3. The van der Waals surface area contributed by atoms with Crippen molar-refractivity contribution in [3.8, 4) is 0 Å². The first kappa shape index (κ1) is 53.7. The van der Waals surface area contributed by atoms with Crippen LogP contribution in [0.4, 0.5) is 0 Å². The van der Waals surface area contributed by atoms with Crippen molar-refractivity contribution in [1.82, 2.24) is 0 Å². The summed E-state index contributed by atoms with van der Waals surface area (Å²) in [5.74, 6) is -0.866. The van der Waals surface area contributed by atoms with Crippen LogP contribution in [0.2, 0.25) is 0 Å². The molecule has 56 heavy (non-hydrogen) atoms. The van der Waals surface area contributed by atoms with Crippen LogP contribution in [-0.2, 0) is 32.7 Å². The van der Waals surface area contributed by atoms with E-state index in [1.54, 1.807) is 0 Å². The van der Waals surface area contributed by atoms with Gasteiger partial charge in [0.05, 0.1) is 27.7 Å². The Morgan fingerprint density at radius 1 is 0.554 bits per heavy atom. The molecule has 0 heterocycles. The highest BCUT2D eigenvalue weighted by Crippen LogP contribution is 2.43. The molecule has 324 valence electrons. The van der Waals surface area contributed by atoms with Crippen LogP contribution in [0.1, 0.15) is 168 Å². The van der Waals surface area contributed by atoms with Gasteiger partial charge in [-0.2, -0.15) is 0 Å². The topological polar surface area (TPSA) is 108 Å². The molecule has 0 saturated heterocycles. The fourth-order valence-corrected chi connectivity index (χ4v) is 6.26. The maximum Gasteiger partial charge on any atom is 0.472 e. The first-order chi connectivity index (χ1) is 27.0. The standard InChI is InChI=1S/C46H82NO8P/c1-6-8-10-12-14-16-18-20-22-23-25-26-28-30-32-34-36-38-45(48)52-42-44(43-54-56(50,51)53-41-40-47(3,4)5)55-46(49)39-37-35-33-31-29-27-24-21-19-17-15-13-11-9-7-2/h14,16,20-22,24-26,29,31,44H,6-13,15,17-19,23,27-28,30,32-43H2,1-5H3/p+1/b16-14+,22-20+,24-21+,26-25+,31-29+/t44-/m1/s1. The van der Waals surface area contributed by atoms with Crippen molar-refractivity contribution in [2.24, 2.45) is 0 Å². The van der Waals surface area contributed by atoms with E-state index in [0.29, 0.717) is 23.9 Å². The molecule has 9 nitrogen and oxygen atoms in total. The molecule has 0 rings (SSSR count). The summed E-state index contributed by atoms with van der Waals surface area (Å²) >= 11 is 0. The number of nitrogens with zero attached hydrogens (tertiary/aromatic N) is 1. The zero-order chi connectivity index (χ0) is 41.4. The van der Waals surface area contributed by atoms with Gasteiger partial charge in [0.1, 0.15) is 19.8 Å². The fraction of sp³-hybridized carbons (Fsp3) is 0.739. The van der Waals surface area contributed by atoms with Gasteiger partial charge in [-0.05, 0) is 83.5 Å². The lowest BCUT2D eigenvalue weighted by Crippen LogP contribution is -2.37. The number of rotatable bonds is 39. The van der Waals surface area contributed by atoms with Crippen LogP contribution in [0.25, 0.3) is 0 Å². The molecule has 0 radical (unpaired) electrons. The Bertz CT molecular complexity index is 1140. The molecule has 0 aromatic rings. The van der Waals surface area contributed by atoms with Gasteiger partial charge < -0.3 is 18.9 Å². The average molecular weight is 809 g/mol. The summed E-state index contributed by atoms with van der Waals surface area (Å²) < 4.78 is 34.2. The molecule has 0 saturated carbocycles. The number of quaternary nitrogens is 1. The van der Waals surface area contributed by atoms with Crippen molar-refractivity contribution in [1.29, 1.82) is 0 Å². The number of unbranched alkanes of at least 4 members (excludes halogenated alkanes) is 15. The van der Waals surface area contributed by atoms with Crippen LogP contribution in [0.15, 0.2) is 60.8 Å². The van der Waals surface area contributed by atoms with Gasteiger partial charge in [0.25, 0.3) is 0 Å². The third-order valence-electron chi connectivity index (χ3n) is 9.02. The summed E-state index contributed by atoms with van der Waals surface area (Å²) in [4.78, 5) is 35.3. The molecule has 0 spiro atoms. The van der Waals surface area contributed by atoms with E-state index in [9.17, 15) is 19.0 Å². The van der Waals surface area contributed by atoms with Gasteiger partial charge in [-0.15, -0.1) is 0 Å². The number of esters is 2. The summed E-state index contributed by atoms with van der Waals surface area (Å²) in [6, 6.07) is 0. The molecule has 0 aliphatic carbocycles. The van der Waals surface area contributed by atoms with E-state index < -0.39 is 32.5 Å². The lowest BCUT2D eigenvalue weighted by Gasteiger charge is -2.24. The number of ether oxygens (including phenoxy) is 2. The summed E-state index contributed by atoms with van der Waals surface area (Å²) in [6.45, 7) is 4.31. The smallest absolute Gasteiger partial charge is 0.462 e. The second-order valence-electron chi connectivity index (χ2n) is 15.7. The Morgan fingerprint density at radius 2 is 0.964 bits per heavy atom. The van der Waals surface area contributed by atoms with Crippen molar-refractivity contribution in [2.45, 2.75) is 174 Å². The summed E-state index contributed by atoms with van der Waals surface area (Å²) in [5, 5.41) is 0. The van der Waals surface area contributed by atoms with Crippen molar-refractivity contribution in [3.63, 3.8) is 0 Å². The Morgan fingerprint density at radius 3 is 1.50 bits per heavy atom.